The molecule has 0 spiro atoms. The number of rotatable bonds is 2. The number of ether oxygens (including phenoxy) is 1. The molecule has 5 heteroatoms. The molecule has 4 nitrogen and oxygen atoms in total. The van der Waals surface area contributed by atoms with E-state index in [9.17, 15) is 0 Å². The number of anilines is 1. The smallest absolute Gasteiger partial charge is 0.101 e. The highest BCUT2D eigenvalue weighted by molar-refractivity contribution is 6.30. The SMILES string of the molecule is N#Cc1ccc(Cl)cc1NN1CCOCC1. The van der Waals surface area contributed by atoms with Crippen LogP contribution in [0.2, 0.25) is 5.02 Å². The topological polar surface area (TPSA) is 48.3 Å². The molecule has 1 aliphatic heterocycles. The van der Waals surface area contributed by atoms with E-state index in [0.717, 1.165) is 18.8 Å². The third-order valence-corrected chi connectivity index (χ3v) is 2.63. The molecule has 2 rings (SSSR count). The quantitative estimate of drug-likeness (QED) is 0.853. The summed E-state index contributed by atoms with van der Waals surface area (Å²) in [6, 6.07) is 7.32. The van der Waals surface area contributed by atoms with Gasteiger partial charge in [-0.3, -0.25) is 0 Å². The molecular weight excluding hydrogens is 226 g/mol. The number of benzene rings is 1. The van der Waals surface area contributed by atoms with Gasteiger partial charge in [0.1, 0.15) is 6.07 Å². The van der Waals surface area contributed by atoms with Gasteiger partial charge in [-0.2, -0.15) is 5.26 Å². The molecule has 1 N–H and O–H groups in total. The molecule has 84 valence electrons. The summed E-state index contributed by atoms with van der Waals surface area (Å²) in [6.45, 7) is 3.01. The molecule has 1 heterocycles. The first-order chi connectivity index (χ1) is 7.79. The van der Waals surface area contributed by atoms with Gasteiger partial charge in [-0.15, -0.1) is 0 Å². The molecule has 0 bridgehead atoms. The van der Waals surface area contributed by atoms with Crippen molar-refractivity contribution >= 4 is 17.3 Å². The first kappa shape index (κ1) is 11.2. The maximum atomic E-state index is 8.96. The molecule has 16 heavy (non-hydrogen) atoms. The molecule has 1 aliphatic rings. The van der Waals surface area contributed by atoms with E-state index in [0.29, 0.717) is 23.8 Å². The molecule has 0 saturated carbocycles. The normalized spacial score (nSPS) is 16.8. The van der Waals surface area contributed by atoms with E-state index in [4.69, 9.17) is 21.6 Å². The van der Waals surface area contributed by atoms with Gasteiger partial charge in [0.15, 0.2) is 0 Å². The maximum absolute atomic E-state index is 8.96. The van der Waals surface area contributed by atoms with Gasteiger partial charge in [0.2, 0.25) is 0 Å². The Morgan fingerprint density at radius 2 is 2.12 bits per heavy atom. The number of hydrogen-bond donors (Lipinski definition) is 1. The number of nitrogens with zero attached hydrogens (tertiary/aromatic N) is 2. The molecule has 0 amide bonds. The fourth-order valence-corrected chi connectivity index (χ4v) is 1.72. The zero-order valence-corrected chi connectivity index (χ0v) is 9.50. The molecule has 0 aliphatic carbocycles. The van der Waals surface area contributed by atoms with Crippen molar-refractivity contribution in [2.75, 3.05) is 31.7 Å². The van der Waals surface area contributed by atoms with Gasteiger partial charge in [-0.1, -0.05) is 11.6 Å². The minimum absolute atomic E-state index is 0.593. The lowest BCUT2D eigenvalue weighted by Crippen LogP contribution is -2.40. The Balaban J connectivity index is 2.13. The van der Waals surface area contributed by atoms with Crippen molar-refractivity contribution in [3.8, 4) is 6.07 Å². The van der Waals surface area contributed by atoms with Crippen molar-refractivity contribution < 1.29 is 4.74 Å². The van der Waals surface area contributed by atoms with Crippen molar-refractivity contribution in [1.29, 1.82) is 5.26 Å². The van der Waals surface area contributed by atoms with Crippen molar-refractivity contribution in [2.45, 2.75) is 0 Å². The van der Waals surface area contributed by atoms with E-state index >= 15 is 0 Å². The third kappa shape index (κ3) is 2.64. The Hall–Kier alpha value is -1.28. The number of hydrogen-bond acceptors (Lipinski definition) is 4. The second-order valence-electron chi connectivity index (χ2n) is 3.51. The molecule has 1 fully saturated rings. The summed E-state index contributed by atoms with van der Waals surface area (Å²) in [5, 5.41) is 11.6. The van der Waals surface area contributed by atoms with Gasteiger partial charge in [-0.05, 0) is 18.2 Å². The highest BCUT2D eigenvalue weighted by atomic mass is 35.5. The van der Waals surface area contributed by atoms with Crippen LogP contribution >= 0.6 is 11.6 Å². The molecule has 0 unspecified atom stereocenters. The molecule has 1 saturated heterocycles. The van der Waals surface area contributed by atoms with Crippen LogP contribution in [0, 0.1) is 11.3 Å². The summed E-state index contributed by atoms with van der Waals surface area (Å²) < 4.78 is 5.24. The lowest BCUT2D eigenvalue weighted by atomic mass is 10.2. The molecule has 1 aromatic rings. The standard InChI is InChI=1S/C11H12ClN3O/c12-10-2-1-9(8-13)11(7-10)14-15-3-5-16-6-4-15/h1-2,7,14H,3-6H2. The van der Waals surface area contributed by atoms with E-state index in [1.165, 1.54) is 0 Å². The number of nitrogens with one attached hydrogen (secondary N) is 1. The molecular formula is C11H12ClN3O. The second kappa shape index (κ2) is 5.17. The molecule has 1 aromatic carbocycles. The Labute approximate surface area is 99.3 Å². The lowest BCUT2D eigenvalue weighted by Gasteiger charge is -2.28. The van der Waals surface area contributed by atoms with E-state index in [1.807, 2.05) is 5.01 Å². The van der Waals surface area contributed by atoms with Gasteiger partial charge >= 0.3 is 0 Å². The summed E-state index contributed by atoms with van der Waals surface area (Å²) in [4.78, 5) is 0. The van der Waals surface area contributed by atoms with Crippen LogP contribution in [0.15, 0.2) is 18.2 Å². The zero-order chi connectivity index (χ0) is 11.4. The zero-order valence-electron chi connectivity index (χ0n) is 8.74. The number of hydrazine groups is 1. The Kier molecular flexibility index (Phi) is 3.62. The molecule has 0 radical (unpaired) electrons. The van der Waals surface area contributed by atoms with Gasteiger partial charge in [0.05, 0.1) is 24.5 Å². The van der Waals surface area contributed by atoms with Crippen molar-refractivity contribution in [3.63, 3.8) is 0 Å². The van der Waals surface area contributed by atoms with Crippen molar-refractivity contribution in [3.05, 3.63) is 28.8 Å². The summed E-state index contributed by atoms with van der Waals surface area (Å²) in [5.74, 6) is 0. The maximum Gasteiger partial charge on any atom is 0.101 e. The largest absolute Gasteiger partial charge is 0.379 e. The first-order valence-corrected chi connectivity index (χ1v) is 5.46. The van der Waals surface area contributed by atoms with E-state index in [1.54, 1.807) is 18.2 Å². The number of nitriles is 1. The predicted octanol–water partition coefficient (Wildman–Crippen LogP) is 1.87. The van der Waals surface area contributed by atoms with E-state index in [-0.39, 0.29) is 0 Å². The predicted molar refractivity (Wildman–Crippen MR) is 62.2 cm³/mol. The van der Waals surface area contributed by atoms with Gasteiger partial charge in [0, 0.05) is 18.1 Å². The third-order valence-electron chi connectivity index (χ3n) is 2.39. The summed E-state index contributed by atoms with van der Waals surface area (Å²) in [5.41, 5.74) is 4.53. The fourth-order valence-electron chi connectivity index (χ4n) is 1.55. The van der Waals surface area contributed by atoms with Crippen molar-refractivity contribution in [2.24, 2.45) is 0 Å². The van der Waals surface area contributed by atoms with Crippen molar-refractivity contribution in [1.82, 2.24) is 5.01 Å². The monoisotopic (exact) mass is 237 g/mol. The van der Waals surface area contributed by atoms with E-state index < -0.39 is 0 Å². The van der Waals surface area contributed by atoms with Crippen LogP contribution in [-0.2, 0) is 4.74 Å². The van der Waals surface area contributed by atoms with Crippen LogP contribution < -0.4 is 5.43 Å². The van der Waals surface area contributed by atoms with Crippen LogP contribution in [0.5, 0.6) is 0 Å². The molecule has 0 atom stereocenters. The van der Waals surface area contributed by atoms with Gasteiger partial charge in [-0.25, -0.2) is 5.01 Å². The number of halogens is 1. The minimum atomic E-state index is 0.593. The van der Waals surface area contributed by atoms with E-state index in [2.05, 4.69) is 11.5 Å². The molecule has 0 aromatic heterocycles. The van der Waals surface area contributed by atoms with Crippen LogP contribution in [0.3, 0.4) is 0 Å². The minimum Gasteiger partial charge on any atom is -0.379 e. The Morgan fingerprint density at radius 3 is 2.81 bits per heavy atom. The summed E-state index contributed by atoms with van der Waals surface area (Å²) in [7, 11) is 0. The second-order valence-corrected chi connectivity index (χ2v) is 3.95. The first-order valence-electron chi connectivity index (χ1n) is 5.08. The number of morpholine rings is 1. The highest BCUT2D eigenvalue weighted by Crippen LogP contribution is 2.21. The average molecular weight is 238 g/mol. The van der Waals surface area contributed by atoms with Crippen LogP contribution in [0.25, 0.3) is 0 Å². The van der Waals surface area contributed by atoms with Gasteiger partial charge in [0.25, 0.3) is 0 Å². The Morgan fingerprint density at radius 1 is 1.38 bits per heavy atom. The fraction of sp³-hybridized carbons (Fsp3) is 0.364. The summed E-state index contributed by atoms with van der Waals surface area (Å²) in [6.07, 6.45) is 0. The lowest BCUT2D eigenvalue weighted by molar-refractivity contribution is 0.0497. The van der Waals surface area contributed by atoms with Gasteiger partial charge < -0.3 is 10.2 Å². The van der Waals surface area contributed by atoms with Crippen LogP contribution in [0.4, 0.5) is 5.69 Å². The Bertz CT molecular complexity index is 410. The van der Waals surface area contributed by atoms with Crippen LogP contribution in [-0.4, -0.2) is 31.3 Å². The highest BCUT2D eigenvalue weighted by Gasteiger charge is 2.12. The summed E-state index contributed by atoms with van der Waals surface area (Å²) >= 11 is 5.90. The van der Waals surface area contributed by atoms with Crippen LogP contribution in [0.1, 0.15) is 5.56 Å². The average Bonchev–Trinajstić information content (AvgIpc) is 2.31.